The minimum atomic E-state index is -0.424. The Morgan fingerprint density at radius 1 is 1.36 bits per heavy atom. The number of hydrogen-bond acceptors (Lipinski definition) is 5. The summed E-state index contributed by atoms with van der Waals surface area (Å²) in [6.07, 6.45) is 6.62. The lowest BCUT2D eigenvalue weighted by Gasteiger charge is -2.14. The number of aromatic amines is 1. The van der Waals surface area contributed by atoms with Crippen LogP contribution in [0.15, 0.2) is 49.2 Å². The van der Waals surface area contributed by atoms with Crippen molar-refractivity contribution < 1.29 is 14.3 Å². The van der Waals surface area contributed by atoms with Gasteiger partial charge in [0.05, 0.1) is 12.7 Å². The number of H-pyrrole nitrogens is 1. The van der Waals surface area contributed by atoms with Crippen LogP contribution < -0.4 is 0 Å². The lowest BCUT2D eigenvalue weighted by molar-refractivity contribution is 0.0487. The maximum atomic E-state index is 11.7. The van der Waals surface area contributed by atoms with E-state index in [4.69, 9.17) is 9.47 Å². The molecule has 25 heavy (non-hydrogen) atoms. The van der Waals surface area contributed by atoms with Crippen LogP contribution >= 0.6 is 0 Å². The molecule has 0 spiro atoms. The molecule has 0 bridgehead atoms. The second-order valence-electron chi connectivity index (χ2n) is 5.47. The van der Waals surface area contributed by atoms with Crippen LogP contribution in [0, 0.1) is 0 Å². The van der Waals surface area contributed by atoms with Gasteiger partial charge in [0.1, 0.15) is 18.8 Å². The van der Waals surface area contributed by atoms with E-state index in [0.717, 1.165) is 17.1 Å². The molecular weight excluding hydrogens is 320 g/mol. The van der Waals surface area contributed by atoms with Crippen LogP contribution in [0.2, 0.25) is 0 Å². The molecule has 7 nitrogen and oxygen atoms in total. The molecule has 1 atom stereocenters. The van der Waals surface area contributed by atoms with Gasteiger partial charge in [-0.05, 0) is 31.5 Å². The van der Waals surface area contributed by atoms with Crippen LogP contribution in [0.4, 0.5) is 0 Å². The smallest absolute Gasteiger partial charge is 0.358 e. The standard InChI is InChI=1S/C18H20N4O3/c1-3-24-18(23)16-10-22(12-21-16)15-6-4-5-14(9-15)13(2)25-11-17-19-7-8-20-17/h4-10,12-13H,3,11H2,1-2H3,(H,19,20). The third kappa shape index (κ3) is 4.13. The number of rotatable bonds is 7. The zero-order valence-corrected chi connectivity index (χ0v) is 14.2. The predicted molar refractivity (Wildman–Crippen MR) is 91.3 cm³/mol. The third-order valence-electron chi connectivity index (χ3n) is 3.73. The topological polar surface area (TPSA) is 82.0 Å². The summed E-state index contributed by atoms with van der Waals surface area (Å²) >= 11 is 0. The molecule has 0 aliphatic rings. The van der Waals surface area contributed by atoms with Gasteiger partial charge in [-0.1, -0.05) is 12.1 Å². The summed E-state index contributed by atoms with van der Waals surface area (Å²) in [6, 6.07) is 7.89. The molecule has 1 unspecified atom stereocenters. The number of ether oxygens (including phenoxy) is 2. The van der Waals surface area contributed by atoms with Crippen LogP contribution in [0.3, 0.4) is 0 Å². The summed E-state index contributed by atoms with van der Waals surface area (Å²) in [5, 5.41) is 0. The first kappa shape index (κ1) is 16.9. The first-order valence-electron chi connectivity index (χ1n) is 8.08. The molecule has 2 aromatic heterocycles. The number of carbonyl (C=O) groups is 1. The average molecular weight is 340 g/mol. The lowest BCUT2D eigenvalue weighted by atomic mass is 10.1. The van der Waals surface area contributed by atoms with Gasteiger partial charge in [0.2, 0.25) is 0 Å². The molecule has 130 valence electrons. The number of imidazole rings is 2. The highest BCUT2D eigenvalue weighted by Gasteiger charge is 2.12. The molecule has 1 N–H and O–H groups in total. The Bertz CT molecular complexity index is 826. The molecule has 0 fully saturated rings. The molecule has 2 heterocycles. The summed E-state index contributed by atoms with van der Waals surface area (Å²) in [5.41, 5.74) is 2.21. The zero-order chi connectivity index (χ0) is 17.6. The van der Waals surface area contributed by atoms with Gasteiger partial charge in [-0.2, -0.15) is 0 Å². The first-order valence-corrected chi connectivity index (χ1v) is 8.08. The highest BCUT2D eigenvalue weighted by molar-refractivity contribution is 5.87. The van der Waals surface area contributed by atoms with E-state index in [9.17, 15) is 4.79 Å². The van der Waals surface area contributed by atoms with Crippen molar-refractivity contribution in [3.8, 4) is 5.69 Å². The fraction of sp³-hybridized carbons (Fsp3) is 0.278. The van der Waals surface area contributed by atoms with Crippen LogP contribution in [0.25, 0.3) is 5.69 Å². The number of benzene rings is 1. The molecule has 3 rings (SSSR count). The summed E-state index contributed by atoms with van der Waals surface area (Å²) < 4.78 is 12.6. The Kier molecular flexibility index (Phi) is 5.25. The van der Waals surface area contributed by atoms with Gasteiger partial charge < -0.3 is 19.0 Å². The van der Waals surface area contributed by atoms with Crippen molar-refractivity contribution in [3.63, 3.8) is 0 Å². The van der Waals surface area contributed by atoms with Gasteiger partial charge in [0.15, 0.2) is 5.69 Å². The van der Waals surface area contributed by atoms with E-state index in [2.05, 4.69) is 15.0 Å². The van der Waals surface area contributed by atoms with Crippen LogP contribution in [0.5, 0.6) is 0 Å². The van der Waals surface area contributed by atoms with E-state index < -0.39 is 5.97 Å². The van der Waals surface area contributed by atoms with Gasteiger partial charge in [0.25, 0.3) is 0 Å². The van der Waals surface area contributed by atoms with E-state index in [0.29, 0.717) is 13.2 Å². The summed E-state index contributed by atoms with van der Waals surface area (Å²) in [7, 11) is 0. The SMILES string of the molecule is CCOC(=O)c1cn(-c2cccc(C(C)OCc3ncc[nH]3)c2)cn1. The fourth-order valence-corrected chi connectivity index (χ4v) is 2.39. The molecular formula is C18H20N4O3. The van der Waals surface area contributed by atoms with Crippen molar-refractivity contribution in [2.45, 2.75) is 26.6 Å². The van der Waals surface area contributed by atoms with Crippen molar-refractivity contribution in [2.24, 2.45) is 0 Å². The van der Waals surface area contributed by atoms with Gasteiger partial charge in [-0.25, -0.2) is 14.8 Å². The Labute approximate surface area is 145 Å². The minimum absolute atomic E-state index is 0.0990. The molecule has 0 aliphatic carbocycles. The van der Waals surface area contributed by atoms with Crippen LogP contribution in [0.1, 0.15) is 41.8 Å². The maximum absolute atomic E-state index is 11.7. The van der Waals surface area contributed by atoms with Gasteiger partial charge in [0, 0.05) is 24.3 Å². The van der Waals surface area contributed by atoms with Crippen molar-refractivity contribution in [2.75, 3.05) is 6.61 Å². The lowest BCUT2D eigenvalue weighted by Crippen LogP contribution is -2.05. The molecule has 0 amide bonds. The number of nitrogens with one attached hydrogen (secondary N) is 1. The molecule has 0 saturated heterocycles. The normalized spacial score (nSPS) is 12.1. The zero-order valence-electron chi connectivity index (χ0n) is 14.2. The minimum Gasteiger partial charge on any atom is -0.461 e. The number of aromatic nitrogens is 4. The molecule has 7 heteroatoms. The molecule has 1 aromatic carbocycles. The van der Waals surface area contributed by atoms with E-state index in [1.54, 1.807) is 36.4 Å². The van der Waals surface area contributed by atoms with Crippen LogP contribution in [-0.2, 0) is 16.1 Å². The van der Waals surface area contributed by atoms with Gasteiger partial charge in [-0.15, -0.1) is 0 Å². The first-order chi connectivity index (χ1) is 12.2. The number of nitrogens with zero attached hydrogens (tertiary/aromatic N) is 3. The Morgan fingerprint density at radius 3 is 3.00 bits per heavy atom. The average Bonchev–Trinajstić information content (AvgIpc) is 3.32. The van der Waals surface area contributed by atoms with Crippen molar-refractivity contribution in [1.29, 1.82) is 0 Å². The Morgan fingerprint density at radius 2 is 2.24 bits per heavy atom. The quantitative estimate of drug-likeness (QED) is 0.669. The number of esters is 1. The summed E-state index contributed by atoms with van der Waals surface area (Å²) in [6.45, 7) is 4.49. The van der Waals surface area contributed by atoms with E-state index in [1.165, 1.54) is 0 Å². The van der Waals surface area contributed by atoms with Crippen molar-refractivity contribution >= 4 is 5.97 Å². The molecule has 0 saturated carbocycles. The van der Waals surface area contributed by atoms with Crippen molar-refractivity contribution in [3.05, 3.63) is 66.3 Å². The van der Waals surface area contributed by atoms with Gasteiger partial charge >= 0.3 is 5.97 Å². The highest BCUT2D eigenvalue weighted by atomic mass is 16.5. The summed E-state index contributed by atoms with van der Waals surface area (Å²) in [4.78, 5) is 23.0. The van der Waals surface area contributed by atoms with Crippen molar-refractivity contribution in [1.82, 2.24) is 19.5 Å². The third-order valence-corrected chi connectivity index (χ3v) is 3.73. The second-order valence-corrected chi connectivity index (χ2v) is 5.47. The van der Waals surface area contributed by atoms with E-state index >= 15 is 0 Å². The van der Waals surface area contributed by atoms with E-state index in [-0.39, 0.29) is 11.8 Å². The number of hydrogen-bond donors (Lipinski definition) is 1. The maximum Gasteiger partial charge on any atom is 0.358 e. The largest absolute Gasteiger partial charge is 0.461 e. The van der Waals surface area contributed by atoms with E-state index in [1.807, 2.05) is 31.2 Å². The Hall–Kier alpha value is -2.93. The molecule has 3 aromatic rings. The fourth-order valence-electron chi connectivity index (χ4n) is 2.39. The number of carbonyl (C=O) groups excluding carboxylic acids is 1. The van der Waals surface area contributed by atoms with Gasteiger partial charge in [-0.3, -0.25) is 0 Å². The summed E-state index contributed by atoms with van der Waals surface area (Å²) in [5.74, 6) is 0.365. The predicted octanol–water partition coefficient (Wildman–Crippen LogP) is 3.05. The molecule has 0 radical (unpaired) electrons. The molecule has 0 aliphatic heterocycles. The second kappa shape index (κ2) is 7.76. The monoisotopic (exact) mass is 340 g/mol. The Balaban J connectivity index is 1.71. The van der Waals surface area contributed by atoms with Crippen LogP contribution in [-0.4, -0.2) is 32.1 Å². The highest BCUT2D eigenvalue weighted by Crippen LogP contribution is 2.21.